The molecular weight excluding hydrogens is 135 g/mol. The average molecular weight is 151 g/mol. The van der Waals surface area contributed by atoms with E-state index < -0.39 is 0 Å². The van der Waals surface area contributed by atoms with Gasteiger partial charge in [0.25, 0.3) is 0 Å². The molecule has 0 radical (unpaired) electrons. The summed E-state index contributed by atoms with van der Waals surface area (Å²) in [7, 11) is 0. The molecule has 54 valence electrons. The van der Waals surface area contributed by atoms with Crippen molar-refractivity contribution < 1.29 is 34.7 Å². The first-order valence-corrected chi connectivity index (χ1v) is 3.86. The Kier molecular flexibility index (Phi) is 5.22. The van der Waals surface area contributed by atoms with Crippen LogP contribution in [0.2, 0.25) is 0 Å². The zero-order chi connectivity index (χ0) is 6.85. The fraction of sp³-hybridized carbons (Fsp3) is 1.00. The van der Waals surface area contributed by atoms with Crippen LogP contribution in [0.3, 0.4) is 0 Å². The summed E-state index contributed by atoms with van der Waals surface area (Å²) in [5.74, 6) is 1.48. The summed E-state index contributed by atoms with van der Waals surface area (Å²) >= 11 is 0. The normalized spacial score (nSPS) is 40.5. The van der Waals surface area contributed by atoms with Crippen LogP contribution < -0.4 is 29.6 Å². The molecule has 1 nitrogen and oxygen atoms in total. The van der Waals surface area contributed by atoms with Gasteiger partial charge in [0.2, 0.25) is 0 Å². The Balaban J connectivity index is 0.000000810. The van der Waals surface area contributed by atoms with E-state index in [1.165, 1.54) is 6.42 Å². The predicted molar refractivity (Wildman–Crippen MR) is 38.2 cm³/mol. The van der Waals surface area contributed by atoms with E-state index in [0.717, 1.165) is 24.7 Å². The van der Waals surface area contributed by atoms with E-state index in [4.69, 9.17) is 0 Å². The number of rotatable bonds is 0. The van der Waals surface area contributed by atoms with Crippen molar-refractivity contribution in [2.45, 2.75) is 39.2 Å². The third-order valence-electron chi connectivity index (χ3n) is 2.15. The third-order valence-corrected chi connectivity index (χ3v) is 2.15. The van der Waals surface area contributed by atoms with Crippen LogP contribution in [-0.2, 0) is 0 Å². The van der Waals surface area contributed by atoms with Crippen LogP contribution in [0.25, 0.3) is 0 Å². The van der Waals surface area contributed by atoms with Crippen LogP contribution in [0.15, 0.2) is 0 Å². The second kappa shape index (κ2) is 4.76. The molecular formula is C8H16NaO+. The van der Waals surface area contributed by atoms with Gasteiger partial charge in [0, 0.05) is 0 Å². The van der Waals surface area contributed by atoms with E-state index in [1.54, 1.807) is 0 Å². The zero-order valence-electron chi connectivity index (χ0n) is 7.30. The van der Waals surface area contributed by atoms with Gasteiger partial charge in [0.05, 0.1) is 6.10 Å². The predicted octanol–water partition coefficient (Wildman–Crippen LogP) is -1.19. The molecule has 2 unspecified atom stereocenters. The Morgan fingerprint density at radius 3 is 1.70 bits per heavy atom. The van der Waals surface area contributed by atoms with Crippen LogP contribution >= 0.6 is 0 Å². The smallest absolute Gasteiger partial charge is 0.393 e. The van der Waals surface area contributed by atoms with Crippen molar-refractivity contribution in [3.63, 3.8) is 0 Å². The van der Waals surface area contributed by atoms with Gasteiger partial charge in [-0.05, 0) is 31.1 Å². The standard InChI is InChI=1S/C8H16O.Na/c1-6-3-7(2)5-8(9)4-6;/h6-9H,3-5H2,1-2H3;/q;+1. The van der Waals surface area contributed by atoms with E-state index in [0.29, 0.717) is 0 Å². The van der Waals surface area contributed by atoms with Gasteiger partial charge in [-0.25, -0.2) is 0 Å². The fourth-order valence-corrected chi connectivity index (χ4v) is 1.90. The average Bonchev–Trinajstić information content (AvgIpc) is 1.59. The Hall–Kier alpha value is 0.960. The molecule has 1 fully saturated rings. The monoisotopic (exact) mass is 151 g/mol. The zero-order valence-corrected chi connectivity index (χ0v) is 9.30. The molecule has 1 N–H and O–H groups in total. The maximum absolute atomic E-state index is 9.25. The fourth-order valence-electron chi connectivity index (χ4n) is 1.90. The molecule has 1 saturated carbocycles. The summed E-state index contributed by atoms with van der Waals surface area (Å²) in [6, 6.07) is 0. The molecule has 10 heavy (non-hydrogen) atoms. The molecule has 0 amide bonds. The number of hydrogen-bond acceptors (Lipinski definition) is 1. The molecule has 0 saturated heterocycles. The summed E-state index contributed by atoms with van der Waals surface area (Å²) in [6.07, 6.45) is 3.33. The molecule has 0 aromatic rings. The van der Waals surface area contributed by atoms with Crippen molar-refractivity contribution in [3.05, 3.63) is 0 Å². The van der Waals surface area contributed by atoms with Crippen molar-refractivity contribution in [1.29, 1.82) is 0 Å². The first-order valence-electron chi connectivity index (χ1n) is 3.86. The summed E-state index contributed by atoms with van der Waals surface area (Å²) in [4.78, 5) is 0. The summed E-state index contributed by atoms with van der Waals surface area (Å²) in [5, 5.41) is 9.25. The van der Waals surface area contributed by atoms with Crippen LogP contribution in [0.4, 0.5) is 0 Å². The van der Waals surface area contributed by atoms with Crippen molar-refractivity contribution in [1.82, 2.24) is 0 Å². The van der Waals surface area contributed by atoms with Crippen molar-refractivity contribution in [2.24, 2.45) is 11.8 Å². The van der Waals surface area contributed by atoms with E-state index in [9.17, 15) is 5.11 Å². The van der Waals surface area contributed by atoms with Gasteiger partial charge in [-0.3, -0.25) is 0 Å². The second-order valence-corrected chi connectivity index (χ2v) is 3.57. The summed E-state index contributed by atoms with van der Waals surface area (Å²) in [5.41, 5.74) is 0. The van der Waals surface area contributed by atoms with Gasteiger partial charge in [-0.15, -0.1) is 0 Å². The molecule has 0 aliphatic heterocycles. The molecule has 0 spiro atoms. The van der Waals surface area contributed by atoms with Gasteiger partial charge in [0.1, 0.15) is 0 Å². The van der Waals surface area contributed by atoms with Crippen molar-refractivity contribution in [3.8, 4) is 0 Å². The number of hydrogen-bond donors (Lipinski definition) is 1. The van der Waals surface area contributed by atoms with E-state index in [-0.39, 0.29) is 35.7 Å². The van der Waals surface area contributed by atoms with Gasteiger partial charge in [-0.2, -0.15) is 0 Å². The maximum Gasteiger partial charge on any atom is 1.00 e. The van der Waals surface area contributed by atoms with Crippen LogP contribution in [-0.4, -0.2) is 11.2 Å². The molecule has 1 aliphatic carbocycles. The van der Waals surface area contributed by atoms with Gasteiger partial charge in [0.15, 0.2) is 0 Å². The third kappa shape index (κ3) is 3.38. The minimum absolute atomic E-state index is 0. The molecule has 1 aliphatic rings. The van der Waals surface area contributed by atoms with E-state index in [1.807, 2.05) is 0 Å². The second-order valence-electron chi connectivity index (χ2n) is 3.57. The molecule has 2 heteroatoms. The summed E-state index contributed by atoms with van der Waals surface area (Å²) in [6.45, 7) is 4.44. The van der Waals surface area contributed by atoms with Gasteiger partial charge >= 0.3 is 29.6 Å². The molecule has 1 rings (SSSR count). The summed E-state index contributed by atoms with van der Waals surface area (Å²) < 4.78 is 0. The quantitative estimate of drug-likeness (QED) is 0.431. The minimum Gasteiger partial charge on any atom is -0.393 e. The molecule has 0 bridgehead atoms. The van der Waals surface area contributed by atoms with E-state index in [2.05, 4.69) is 13.8 Å². The first-order chi connectivity index (χ1) is 4.18. The topological polar surface area (TPSA) is 20.2 Å². The largest absolute Gasteiger partial charge is 1.00 e. The minimum atomic E-state index is -0.0104. The Morgan fingerprint density at radius 2 is 1.40 bits per heavy atom. The van der Waals surface area contributed by atoms with Crippen LogP contribution in [0, 0.1) is 11.8 Å². The maximum atomic E-state index is 9.25. The van der Waals surface area contributed by atoms with Crippen molar-refractivity contribution >= 4 is 0 Å². The number of aliphatic hydroxyl groups excluding tert-OH is 1. The Bertz CT molecular complexity index is 70.2. The van der Waals surface area contributed by atoms with Crippen LogP contribution in [0.5, 0.6) is 0 Å². The number of aliphatic hydroxyl groups is 1. The first kappa shape index (κ1) is 11.0. The Labute approximate surface area is 85.5 Å². The molecule has 0 aromatic carbocycles. The SMILES string of the molecule is CC1CC(C)CC(O)C1.[Na+]. The van der Waals surface area contributed by atoms with Gasteiger partial charge < -0.3 is 5.11 Å². The van der Waals surface area contributed by atoms with Crippen molar-refractivity contribution in [2.75, 3.05) is 0 Å². The molecule has 0 heterocycles. The van der Waals surface area contributed by atoms with Gasteiger partial charge in [-0.1, -0.05) is 13.8 Å². The van der Waals surface area contributed by atoms with Crippen LogP contribution in [0.1, 0.15) is 33.1 Å². The Morgan fingerprint density at radius 1 is 1.00 bits per heavy atom. The molecule has 0 aromatic heterocycles. The molecule has 2 atom stereocenters. The van der Waals surface area contributed by atoms with E-state index >= 15 is 0 Å².